The lowest BCUT2D eigenvalue weighted by molar-refractivity contribution is 0.0951. The van der Waals surface area contributed by atoms with Crippen molar-refractivity contribution in [2.45, 2.75) is 38.5 Å². The standard InChI is InChI=1S/C21H28N2O3S/c1-5-23(6-2)27(25,26)19-13-12-16(3)20(14-19)21(24)22-15-17(4)18-10-8-7-9-11-18/h7-14,17H,5-6,15H2,1-4H3,(H,22,24). The summed E-state index contributed by atoms with van der Waals surface area (Å²) in [5.74, 6) is -0.0927. The van der Waals surface area contributed by atoms with Gasteiger partial charge in [-0.3, -0.25) is 4.79 Å². The molecule has 0 saturated carbocycles. The molecule has 2 aromatic rings. The first-order valence-electron chi connectivity index (χ1n) is 9.25. The summed E-state index contributed by atoms with van der Waals surface area (Å²) in [6, 6.07) is 14.7. The van der Waals surface area contributed by atoms with Gasteiger partial charge < -0.3 is 5.32 Å². The van der Waals surface area contributed by atoms with Crippen LogP contribution in [-0.2, 0) is 10.0 Å². The number of nitrogens with one attached hydrogen (secondary N) is 1. The van der Waals surface area contributed by atoms with Gasteiger partial charge in [0.25, 0.3) is 5.91 Å². The van der Waals surface area contributed by atoms with Crippen LogP contribution in [0.4, 0.5) is 0 Å². The molecule has 0 spiro atoms. The molecule has 0 saturated heterocycles. The molecule has 5 nitrogen and oxygen atoms in total. The number of sulfonamides is 1. The second kappa shape index (κ2) is 9.15. The average Bonchev–Trinajstić information content (AvgIpc) is 2.67. The summed E-state index contributed by atoms with van der Waals surface area (Å²) in [6.45, 7) is 8.72. The highest BCUT2D eigenvalue weighted by atomic mass is 32.2. The molecule has 0 aliphatic rings. The Morgan fingerprint density at radius 1 is 1.07 bits per heavy atom. The van der Waals surface area contributed by atoms with E-state index in [1.165, 1.54) is 10.4 Å². The van der Waals surface area contributed by atoms with E-state index in [-0.39, 0.29) is 16.7 Å². The van der Waals surface area contributed by atoms with Gasteiger partial charge in [0, 0.05) is 25.2 Å². The van der Waals surface area contributed by atoms with Gasteiger partial charge in [-0.1, -0.05) is 57.2 Å². The Bertz CT molecular complexity index is 876. The molecule has 2 rings (SSSR count). The molecule has 1 N–H and O–H groups in total. The number of amides is 1. The van der Waals surface area contributed by atoms with Crippen LogP contribution >= 0.6 is 0 Å². The molecule has 6 heteroatoms. The van der Waals surface area contributed by atoms with Gasteiger partial charge in [-0.25, -0.2) is 8.42 Å². The fourth-order valence-electron chi connectivity index (χ4n) is 2.96. The van der Waals surface area contributed by atoms with Crippen LogP contribution in [0.5, 0.6) is 0 Å². The predicted molar refractivity (Wildman–Crippen MR) is 108 cm³/mol. The van der Waals surface area contributed by atoms with Crippen molar-refractivity contribution in [1.29, 1.82) is 0 Å². The van der Waals surface area contributed by atoms with Crippen molar-refractivity contribution >= 4 is 15.9 Å². The molecule has 0 bridgehead atoms. The molecule has 1 atom stereocenters. The Balaban J connectivity index is 2.19. The minimum Gasteiger partial charge on any atom is -0.351 e. The zero-order valence-corrected chi connectivity index (χ0v) is 17.2. The maximum absolute atomic E-state index is 12.7. The normalized spacial score (nSPS) is 12.8. The summed E-state index contributed by atoms with van der Waals surface area (Å²) in [6.07, 6.45) is 0. The largest absolute Gasteiger partial charge is 0.351 e. The van der Waals surface area contributed by atoms with Crippen LogP contribution in [0.1, 0.15) is 48.2 Å². The average molecular weight is 389 g/mol. The van der Waals surface area contributed by atoms with Crippen molar-refractivity contribution in [1.82, 2.24) is 9.62 Å². The van der Waals surface area contributed by atoms with Crippen molar-refractivity contribution in [3.8, 4) is 0 Å². The molecule has 2 aromatic carbocycles. The lowest BCUT2D eigenvalue weighted by Gasteiger charge is -2.19. The van der Waals surface area contributed by atoms with E-state index in [2.05, 4.69) is 5.32 Å². The van der Waals surface area contributed by atoms with Crippen LogP contribution in [0.15, 0.2) is 53.4 Å². The van der Waals surface area contributed by atoms with Crippen LogP contribution in [0.25, 0.3) is 0 Å². The summed E-state index contributed by atoms with van der Waals surface area (Å²) >= 11 is 0. The highest BCUT2D eigenvalue weighted by Crippen LogP contribution is 2.20. The number of hydrogen-bond donors (Lipinski definition) is 1. The van der Waals surface area contributed by atoms with E-state index in [1.54, 1.807) is 26.0 Å². The van der Waals surface area contributed by atoms with Crippen LogP contribution < -0.4 is 5.32 Å². The minimum atomic E-state index is -3.59. The molecule has 0 aliphatic heterocycles. The Morgan fingerprint density at radius 3 is 2.30 bits per heavy atom. The molecule has 146 valence electrons. The van der Waals surface area contributed by atoms with Crippen LogP contribution in [0.3, 0.4) is 0 Å². The summed E-state index contributed by atoms with van der Waals surface area (Å²) in [7, 11) is -3.59. The second-order valence-corrected chi connectivity index (χ2v) is 8.53. The second-order valence-electron chi connectivity index (χ2n) is 6.59. The maximum Gasteiger partial charge on any atom is 0.251 e. The third kappa shape index (κ3) is 4.96. The number of nitrogens with zero attached hydrogens (tertiary/aromatic N) is 1. The summed E-state index contributed by atoms with van der Waals surface area (Å²) in [4.78, 5) is 12.8. The first-order chi connectivity index (χ1) is 12.8. The van der Waals surface area contributed by atoms with E-state index >= 15 is 0 Å². The van der Waals surface area contributed by atoms with Gasteiger partial charge in [0.15, 0.2) is 0 Å². The molecule has 0 radical (unpaired) electrons. The van der Waals surface area contributed by atoms with Crippen LogP contribution in [-0.4, -0.2) is 38.3 Å². The molecule has 0 aliphatic carbocycles. The van der Waals surface area contributed by atoms with E-state index in [0.717, 1.165) is 11.1 Å². The zero-order valence-electron chi connectivity index (χ0n) is 16.4. The smallest absolute Gasteiger partial charge is 0.251 e. The number of benzene rings is 2. The topological polar surface area (TPSA) is 66.5 Å². The summed E-state index contributed by atoms with van der Waals surface area (Å²) in [5, 5.41) is 2.93. The van der Waals surface area contributed by atoms with Crippen molar-refractivity contribution in [3.63, 3.8) is 0 Å². The maximum atomic E-state index is 12.7. The van der Waals surface area contributed by atoms with Crippen molar-refractivity contribution < 1.29 is 13.2 Å². The first kappa shape index (κ1) is 21.1. The van der Waals surface area contributed by atoms with E-state index in [4.69, 9.17) is 0 Å². The number of rotatable bonds is 8. The summed E-state index contributed by atoms with van der Waals surface area (Å²) < 4.78 is 26.8. The number of carbonyl (C=O) groups is 1. The van der Waals surface area contributed by atoms with Crippen molar-refractivity contribution in [2.24, 2.45) is 0 Å². The van der Waals surface area contributed by atoms with Crippen molar-refractivity contribution in [3.05, 3.63) is 65.2 Å². The number of aryl methyl sites for hydroxylation is 1. The molecule has 0 aromatic heterocycles. The monoisotopic (exact) mass is 388 g/mol. The van der Waals surface area contributed by atoms with E-state index in [0.29, 0.717) is 25.2 Å². The van der Waals surface area contributed by atoms with Gasteiger partial charge in [0.2, 0.25) is 10.0 Å². The van der Waals surface area contributed by atoms with Gasteiger partial charge in [-0.15, -0.1) is 0 Å². The zero-order chi connectivity index (χ0) is 20.0. The van der Waals surface area contributed by atoms with Gasteiger partial charge in [-0.05, 0) is 36.1 Å². The van der Waals surface area contributed by atoms with E-state index in [1.807, 2.05) is 44.2 Å². The van der Waals surface area contributed by atoms with Crippen LogP contribution in [0.2, 0.25) is 0 Å². The van der Waals surface area contributed by atoms with Gasteiger partial charge in [-0.2, -0.15) is 4.31 Å². The number of carbonyl (C=O) groups excluding carboxylic acids is 1. The van der Waals surface area contributed by atoms with Gasteiger partial charge in [0.1, 0.15) is 0 Å². The van der Waals surface area contributed by atoms with Gasteiger partial charge in [0.05, 0.1) is 4.90 Å². The van der Waals surface area contributed by atoms with Crippen molar-refractivity contribution in [2.75, 3.05) is 19.6 Å². The van der Waals surface area contributed by atoms with Crippen LogP contribution in [0, 0.1) is 6.92 Å². The molecule has 0 heterocycles. The predicted octanol–water partition coefficient (Wildman–Crippen LogP) is 3.56. The Hall–Kier alpha value is -2.18. The summed E-state index contributed by atoms with van der Waals surface area (Å²) in [5.41, 5.74) is 2.29. The Labute approximate surface area is 162 Å². The molecule has 1 unspecified atom stereocenters. The van der Waals surface area contributed by atoms with E-state index in [9.17, 15) is 13.2 Å². The lowest BCUT2D eigenvalue weighted by Crippen LogP contribution is -2.31. The highest BCUT2D eigenvalue weighted by Gasteiger charge is 2.23. The third-order valence-electron chi connectivity index (χ3n) is 4.73. The Morgan fingerprint density at radius 2 is 1.70 bits per heavy atom. The molecular formula is C21H28N2O3S. The SMILES string of the molecule is CCN(CC)S(=O)(=O)c1ccc(C)c(C(=O)NCC(C)c2ccccc2)c1. The molecular weight excluding hydrogens is 360 g/mol. The molecule has 1 amide bonds. The fourth-order valence-corrected chi connectivity index (χ4v) is 4.44. The minimum absolute atomic E-state index is 0.151. The van der Waals surface area contributed by atoms with Gasteiger partial charge >= 0.3 is 0 Å². The highest BCUT2D eigenvalue weighted by molar-refractivity contribution is 7.89. The third-order valence-corrected chi connectivity index (χ3v) is 6.78. The molecule has 0 fully saturated rings. The quantitative estimate of drug-likeness (QED) is 0.752. The fraction of sp³-hybridized carbons (Fsp3) is 0.381. The molecule has 27 heavy (non-hydrogen) atoms. The first-order valence-corrected chi connectivity index (χ1v) is 10.7. The Kier molecular flexibility index (Phi) is 7.16. The lowest BCUT2D eigenvalue weighted by atomic mass is 10.0. The van der Waals surface area contributed by atoms with E-state index < -0.39 is 10.0 Å². The number of hydrogen-bond acceptors (Lipinski definition) is 3.